The normalized spacial score (nSPS) is 16.6. The Morgan fingerprint density at radius 3 is 2.56 bits per heavy atom. The topological polar surface area (TPSA) is 67.6 Å². The molecule has 1 saturated heterocycles. The van der Waals surface area contributed by atoms with E-state index in [-0.39, 0.29) is 18.6 Å². The van der Waals surface area contributed by atoms with Crippen molar-refractivity contribution in [3.63, 3.8) is 0 Å². The number of carbonyl (C=O) groups is 1. The van der Waals surface area contributed by atoms with Crippen LogP contribution in [0.15, 0.2) is 54.6 Å². The summed E-state index contributed by atoms with van der Waals surface area (Å²) in [4.78, 5) is 16.7. The summed E-state index contributed by atoms with van der Waals surface area (Å²) in [6.07, 6.45) is 1.11. The minimum atomic E-state index is -0.193. The van der Waals surface area contributed by atoms with Gasteiger partial charge in [-0.1, -0.05) is 42.5 Å². The molecule has 0 unspecified atom stereocenters. The first-order valence-corrected chi connectivity index (χ1v) is 9.35. The third-order valence-corrected chi connectivity index (χ3v) is 5.05. The van der Waals surface area contributed by atoms with Crippen molar-refractivity contribution in [2.45, 2.75) is 25.4 Å². The lowest BCUT2D eigenvalue weighted by molar-refractivity contribution is -0.133. The molecule has 1 aliphatic heterocycles. The second-order valence-corrected chi connectivity index (χ2v) is 6.95. The number of hydrogen-bond donors (Lipinski definition) is 1. The van der Waals surface area contributed by atoms with E-state index in [1.54, 1.807) is 6.07 Å². The smallest absolute Gasteiger partial charge is 0.224 e. The van der Waals surface area contributed by atoms with Crippen molar-refractivity contribution in [3.05, 3.63) is 71.3 Å². The second kappa shape index (κ2) is 9.31. The Morgan fingerprint density at radius 1 is 1.04 bits per heavy atom. The van der Waals surface area contributed by atoms with E-state index in [2.05, 4.69) is 11.0 Å². The number of nitriles is 1. The molecule has 0 bridgehead atoms. The fourth-order valence-electron chi connectivity index (χ4n) is 3.58. The number of rotatable bonds is 6. The highest BCUT2D eigenvalue weighted by Crippen LogP contribution is 2.15. The van der Waals surface area contributed by atoms with Crippen LogP contribution in [0.1, 0.15) is 23.1 Å². The van der Waals surface area contributed by atoms with Crippen LogP contribution in [0.2, 0.25) is 0 Å². The van der Waals surface area contributed by atoms with E-state index in [0.717, 1.165) is 24.2 Å². The maximum absolute atomic E-state index is 12.6. The fraction of sp³-hybridized carbons (Fsp3) is 0.364. The van der Waals surface area contributed by atoms with Crippen molar-refractivity contribution in [2.24, 2.45) is 0 Å². The van der Waals surface area contributed by atoms with E-state index < -0.39 is 0 Å². The first kappa shape index (κ1) is 19.1. The summed E-state index contributed by atoms with van der Waals surface area (Å²) in [5, 5.41) is 18.9. The number of nitrogens with zero attached hydrogens (tertiary/aromatic N) is 3. The van der Waals surface area contributed by atoms with E-state index in [4.69, 9.17) is 5.26 Å². The van der Waals surface area contributed by atoms with Gasteiger partial charge in [0.25, 0.3) is 0 Å². The van der Waals surface area contributed by atoms with Gasteiger partial charge in [-0.15, -0.1) is 0 Å². The highest BCUT2D eigenvalue weighted by atomic mass is 16.3. The standard InChI is InChI=1S/C22H25N3O2/c23-15-19-7-4-8-20(13-19)16-24-10-9-22(27)25(12-11-24)21(17-26)14-18-5-2-1-3-6-18/h1-8,13,21,26H,9-12,14,16-17H2/t21-/m0/s1. The van der Waals surface area contributed by atoms with Crippen LogP contribution in [0, 0.1) is 11.3 Å². The van der Waals surface area contributed by atoms with E-state index in [1.165, 1.54) is 0 Å². The summed E-state index contributed by atoms with van der Waals surface area (Å²) >= 11 is 0. The zero-order valence-corrected chi connectivity index (χ0v) is 15.4. The van der Waals surface area contributed by atoms with Crippen LogP contribution in [0.4, 0.5) is 0 Å². The van der Waals surface area contributed by atoms with Crippen LogP contribution in [-0.2, 0) is 17.8 Å². The summed E-state index contributed by atoms with van der Waals surface area (Å²) in [6.45, 7) is 2.74. The third-order valence-electron chi connectivity index (χ3n) is 5.05. The molecule has 0 saturated carbocycles. The third kappa shape index (κ3) is 5.16. The molecule has 1 fully saturated rings. The number of benzene rings is 2. The van der Waals surface area contributed by atoms with Crippen LogP contribution in [0.25, 0.3) is 0 Å². The van der Waals surface area contributed by atoms with Crippen molar-refractivity contribution in [1.29, 1.82) is 5.26 Å². The highest BCUT2D eigenvalue weighted by Gasteiger charge is 2.27. The molecule has 2 aromatic rings. The molecular formula is C22H25N3O2. The van der Waals surface area contributed by atoms with Gasteiger partial charge in [0.1, 0.15) is 0 Å². The van der Waals surface area contributed by atoms with Gasteiger partial charge in [-0.25, -0.2) is 0 Å². The van der Waals surface area contributed by atoms with Gasteiger partial charge in [0.2, 0.25) is 5.91 Å². The monoisotopic (exact) mass is 363 g/mol. The molecule has 5 nitrogen and oxygen atoms in total. The summed E-state index contributed by atoms with van der Waals surface area (Å²) in [6, 6.07) is 19.6. The van der Waals surface area contributed by atoms with Crippen LogP contribution < -0.4 is 0 Å². The van der Waals surface area contributed by atoms with Crippen LogP contribution >= 0.6 is 0 Å². The Kier molecular flexibility index (Phi) is 6.59. The quantitative estimate of drug-likeness (QED) is 0.854. The molecule has 27 heavy (non-hydrogen) atoms. The number of aliphatic hydroxyl groups excluding tert-OH is 1. The molecule has 0 aliphatic carbocycles. The summed E-state index contributed by atoms with van der Waals surface area (Å²) in [5.74, 6) is 0.0956. The van der Waals surface area contributed by atoms with Gasteiger partial charge in [-0.3, -0.25) is 9.69 Å². The average molecular weight is 363 g/mol. The van der Waals surface area contributed by atoms with Gasteiger partial charge in [-0.05, 0) is 29.7 Å². The Hall–Kier alpha value is -2.68. The first-order valence-electron chi connectivity index (χ1n) is 9.35. The predicted molar refractivity (Wildman–Crippen MR) is 104 cm³/mol. The van der Waals surface area contributed by atoms with E-state index in [0.29, 0.717) is 31.5 Å². The molecule has 0 aromatic heterocycles. The highest BCUT2D eigenvalue weighted by molar-refractivity contribution is 5.77. The summed E-state index contributed by atoms with van der Waals surface area (Å²) in [5.41, 5.74) is 2.86. The molecule has 1 amide bonds. The van der Waals surface area contributed by atoms with Gasteiger partial charge in [0.05, 0.1) is 24.3 Å². The van der Waals surface area contributed by atoms with Crippen molar-refractivity contribution in [1.82, 2.24) is 9.80 Å². The van der Waals surface area contributed by atoms with Crippen molar-refractivity contribution in [3.8, 4) is 6.07 Å². The maximum atomic E-state index is 12.6. The van der Waals surface area contributed by atoms with Crippen molar-refractivity contribution < 1.29 is 9.90 Å². The van der Waals surface area contributed by atoms with Gasteiger partial charge in [0.15, 0.2) is 0 Å². The Bertz CT molecular complexity index is 801. The van der Waals surface area contributed by atoms with Crippen LogP contribution in [0.5, 0.6) is 0 Å². The maximum Gasteiger partial charge on any atom is 0.224 e. The minimum absolute atomic E-state index is 0.0369. The lowest BCUT2D eigenvalue weighted by atomic mass is 10.0. The average Bonchev–Trinajstić information content (AvgIpc) is 2.89. The summed E-state index contributed by atoms with van der Waals surface area (Å²) in [7, 11) is 0. The number of carbonyl (C=O) groups excluding carboxylic acids is 1. The Morgan fingerprint density at radius 2 is 1.81 bits per heavy atom. The molecule has 1 heterocycles. The fourth-order valence-corrected chi connectivity index (χ4v) is 3.58. The zero-order chi connectivity index (χ0) is 19.1. The van der Waals surface area contributed by atoms with Crippen molar-refractivity contribution in [2.75, 3.05) is 26.2 Å². The molecular weight excluding hydrogens is 338 g/mol. The zero-order valence-electron chi connectivity index (χ0n) is 15.4. The SMILES string of the molecule is N#Cc1cccc(CN2CCC(=O)N([C@H](CO)Cc3ccccc3)CC2)c1. The molecule has 5 heteroatoms. The minimum Gasteiger partial charge on any atom is -0.394 e. The number of aliphatic hydroxyl groups is 1. The molecule has 1 aliphatic rings. The molecule has 140 valence electrons. The number of hydrogen-bond acceptors (Lipinski definition) is 4. The molecule has 0 radical (unpaired) electrons. The van der Waals surface area contributed by atoms with Crippen LogP contribution in [-0.4, -0.2) is 53.1 Å². The first-order chi connectivity index (χ1) is 13.2. The Labute approximate surface area is 160 Å². The second-order valence-electron chi connectivity index (χ2n) is 6.95. The van der Waals surface area contributed by atoms with Gasteiger partial charge in [-0.2, -0.15) is 5.26 Å². The molecule has 1 N–H and O–H groups in total. The molecule has 3 rings (SSSR count). The van der Waals surface area contributed by atoms with E-state index in [1.807, 2.05) is 53.4 Å². The van der Waals surface area contributed by atoms with Crippen molar-refractivity contribution >= 4 is 5.91 Å². The van der Waals surface area contributed by atoms with Gasteiger partial charge < -0.3 is 10.0 Å². The molecule has 2 aromatic carbocycles. The largest absolute Gasteiger partial charge is 0.394 e. The van der Waals surface area contributed by atoms with Gasteiger partial charge >= 0.3 is 0 Å². The summed E-state index contributed by atoms with van der Waals surface area (Å²) < 4.78 is 0. The molecule has 1 atom stereocenters. The van der Waals surface area contributed by atoms with E-state index in [9.17, 15) is 9.90 Å². The number of amides is 1. The van der Waals surface area contributed by atoms with Crippen LogP contribution in [0.3, 0.4) is 0 Å². The Balaban J connectivity index is 1.64. The lowest BCUT2D eigenvalue weighted by Crippen LogP contribution is -2.44. The lowest BCUT2D eigenvalue weighted by Gasteiger charge is -2.30. The van der Waals surface area contributed by atoms with Gasteiger partial charge in [0, 0.05) is 32.6 Å². The molecule has 0 spiro atoms. The van der Waals surface area contributed by atoms with E-state index >= 15 is 0 Å². The predicted octanol–water partition coefficient (Wildman–Crippen LogP) is 2.20.